The smallest absolute Gasteiger partial charge is 0.255 e. The summed E-state index contributed by atoms with van der Waals surface area (Å²) in [6.45, 7) is 2.22. The van der Waals surface area contributed by atoms with Crippen LogP contribution in [0.15, 0.2) is 103 Å². The molecule has 1 heterocycles. The molecule has 3 amide bonds. The molecule has 7 heteroatoms. The summed E-state index contributed by atoms with van der Waals surface area (Å²) in [5, 5.41) is 5.60. The van der Waals surface area contributed by atoms with Crippen LogP contribution in [-0.2, 0) is 9.59 Å². The van der Waals surface area contributed by atoms with Crippen LogP contribution in [0.4, 0.5) is 17.1 Å². The van der Waals surface area contributed by atoms with Crippen LogP contribution in [0.25, 0.3) is 0 Å². The molecule has 7 nitrogen and oxygen atoms in total. The second-order valence-electron chi connectivity index (χ2n) is 8.87. The van der Waals surface area contributed by atoms with Crippen molar-refractivity contribution < 1.29 is 19.2 Å². The first kappa shape index (κ1) is 24.6. The maximum atomic E-state index is 13.4. The summed E-state index contributed by atoms with van der Waals surface area (Å²) in [7, 11) is 0. The van der Waals surface area contributed by atoms with Crippen LogP contribution in [0.5, 0.6) is 0 Å². The number of hydrogen-bond donors (Lipinski definition) is 2. The third-order valence-electron chi connectivity index (χ3n) is 6.44. The van der Waals surface area contributed by atoms with Gasteiger partial charge in [0.25, 0.3) is 5.91 Å². The number of amides is 3. The number of fused-ring (bicyclic) bond motifs is 1. The van der Waals surface area contributed by atoms with Crippen molar-refractivity contribution in [3.63, 3.8) is 0 Å². The normalized spacial score (nSPS) is 14.1. The number of carbonyl (C=O) groups is 4. The molecule has 0 bridgehead atoms. The van der Waals surface area contributed by atoms with Crippen LogP contribution in [0.1, 0.15) is 44.7 Å². The SMILES string of the molecule is CCN1C(=O)C(C(=O)Nc2cccc(C(=O)Nc3ccccc3)c2)c2cc(C(=O)c3ccccc3)ccc21. The highest BCUT2D eigenvalue weighted by atomic mass is 16.2. The van der Waals surface area contributed by atoms with Crippen LogP contribution in [0.3, 0.4) is 0 Å². The molecule has 4 aromatic rings. The van der Waals surface area contributed by atoms with Gasteiger partial charge in [-0.1, -0.05) is 54.6 Å². The van der Waals surface area contributed by atoms with Crippen molar-refractivity contribution >= 4 is 40.6 Å². The number of ketones is 1. The molecule has 2 N–H and O–H groups in total. The van der Waals surface area contributed by atoms with E-state index >= 15 is 0 Å². The molecule has 1 atom stereocenters. The standard InChI is InChI=1S/C31H25N3O4/c1-2-34-26-17-16-21(28(35)20-10-5-3-6-11-20)19-25(26)27(31(34)38)30(37)33-24-15-9-12-22(18-24)29(36)32-23-13-7-4-8-14-23/h3-19,27H,2H2,1H3,(H,32,36)(H,33,37). The molecule has 0 fully saturated rings. The maximum absolute atomic E-state index is 13.4. The number of nitrogens with one attached hydrogen (secondary N) is 2. The average molecular weight is 504 g/mol. The van der Waals surface area contributed by atoms with E-state index in [0.29, 0.717) is 45.9 Å². The summed E-state index contributed by atoms with van der Waals surface area (Å²) >= 11 is 0. The predicted molar refractivity (Wildman–Crippen MR) is 147 cm³/mol. The molecule has 4 aromatic carbocycles. The zero-order valence-corrected chi connectivity index (χ0v) is 20.7. The Morgan fingerprint density at radius 3 is 2.08 bits per heavy atom. The minimum atomic E-state index is -1.12. The third kappa shape index (κ3) is 4.82. The molecule has 38 heavy (non-hydrogen) atoms. The molecule has 1 aliphatic rings. The van der Waals surface area contributed by atoms with Gasteiger partial charge in [-0.3, -0.25) is 19.2 Å². The first-order valence-corrected chi connectivity index (χ1v) is 12.3. The average Bonchev–Trinajstić information content (AvgIpc) is 3.24. The van der Waals surface area contributed by atoms with E-state index in [2.05, 4.69) is 10.6 Å². The van der Waals surface area contributed by atoms with Crippen molar-refractivity contribution in [2.24, 2.45) is 0 Å². The Bertz CT molecular complexity index is 1530. The van der Waals surface area contributed by atoms with Crippen molar-refractivity contribution in [1.82, 2.24) is 0 Å². The Kier molecular flexibility index (Phi) is 6.82. The highest BCUT2D eigenvalue weighted by Gasteiger charge is 2.41. The summed E-state index contributed by atoms with van der Waals surface area (Å²) < 4.78 is 0. The van der Waals surface area contributed by atoms with Crippen molar-refractivity contribution in [3.05, 3.63) is 125 Å². The molecular weight excluding hydrogens is 478 g/mol. The largest absolute Gasteiger partial charge is 0.325 e. The van der Waals surface area contributed by atoms with Crippen LogP contribution < -0.4 is 15.5 Å². The summed E-state index contributed by atoms with van der Waals surface area (Å²) in [5.41, 5.74) is 3.41. The molecule has 5 rings (SSSR count). The van der Waals surface area contributed by atoms with Gasteiger partial charge in [0.1, 0.15) is 5.92 Å². The zero-order valence-electron chi connectivity index (χ0n) is 20.7. The number of para-hydroxylation sites is 1. The van der Waals surface area contributed by atoms with Gasteiger partial charge in [-0.2, -0.15) is 0 Å². The van der Waals surface area contributed by atoms with Crippen LogP contribution in [0, 0.1) is 0 Å². The Labute approximate surface area is 220 Å². The topological polar surface area (TPSA) is 95.6 Å². The Morgan fingerprint density at radius 1 is 0.711 bits per heavy atom. The van der Waals surface area contributed by atoms with Gasteiger partial charge in [0.05, 0.1) is 0 Å². The van der Waals surface area contributed by atoms with Gasteiger partial charge < -0.3 is 15.5 Å². The van der Waals surface area contributed by atoms with E-state index in [9.17, 15) is 19.2 Å². The Hall–Kier alpha value is -5.04. The molecule has 0 radical (unpaired) electrons. The monoisotopic (exact) mass is 503 g/mol. The summed E-state index contributed by atoms with van der Waals surface area (Å²) in [6, 6.07) is 29.5. The first-order valence-electron chi connectivity index (χ1n) is 12.3. The Balaban J connectivity index is 1.40. The lowest BCUT2D eigenvalue weighted by Gasteiger charge is -2.15. The number of benzene rings is 4. The van der Waals surface area contributed by atoms with E-state index in [-0.39, 0.29) is 17.6 Å². The fraction of sp³-hybridized carbons (Fsp3) is 0.0968. The van der Waals surface area contributed by atoms with Gasteiger partial charge >= 0.3 is 0 Å². The second-order valence-corrected chi connectivity index (χ2v) is 8.87. The molecule has 0 aliphatic carbocycles. The van der Waals surface area contributed by atoms with Gasteiger partial charge in [-0.05, 0) is 61.0 Å². The van der Waals surface area contributed by atoms with Crippen molar-refractivity contribution in [2.75, 3.05) is 22.1 Å². The lowest BCUT2D eigenvalue weighted by molar-refractivity contribution is -0.126. The number of anilines is 3. The molecule has 1 unspecified atom stereocenters. The molecule has 188 valence electrons. The molecule has 0 saturated carbocycles. The number of nitrogens with zero attached hydrogens (tertiary/aromatic N) is 1. The zero-order chi connectivity index (χ0) is 26.6. The lowest BCUT2D eigenvalue weighted by atomic mass is 9.94. The second kappa shape index (κ2) is 10.5. The van der Waals surface area contributed by atoms with E-state index in [1.165, 1.54) is 0 Å². The molecular formula is C31H25N3O4. The lowest BCUT2D eigenvalue weighted by Crippen LogP contribution is -2.33. The van der Waals surface area contributed by atoms with Gasteiger partial charge in [-0.25, -0.2) is 0 Å². The Morgan fingerprint density at radius 2 is 1.37 bits per heavy atom. The number of carbonyl (C=O) groups excluding carboxylic acids is 4. The number of likely N-dealkylation sites (N-methyl/N-ethyl adjacent to an activating group) is 1. The number of rotatable bonds is 7. The first-order chi connectivity index (χ1) is 18.5. The van der Waals surface area contributed by atoms with Crippen LogP contribution in [-0.4, -0.2) is 30.0 Å². The van der Waals surface area contributed by atoms with Gasteiger partial charge in [-0.15, -0.1) is 0 Å². The van der Waals surface area contributed by atoms with Crippen LogP contribution in [0.2, 0.25) is 0 Å². The molecule has 0 aromatic heterocycles. The van der Waals surface area contributed by atoms with E-state index in [1.807, 2.05) is 31.2 Å². The van der Waals surface area contributed by atoms with E-state index in [0.717, 1.165) is 0 Å². The quantitative estimate of drug-likeness (QED) is 0.266. The summed E-state index contributed by atoms with van der Waals surface area (Å²) in [6.07, 6.45) is 0. The van der Waals surface area contributed by atoms with Gasteiger partial charge in [0.15, 0.2) is 5.78 Å². The van der Waals surface area contributed by atoms with Crippen molar-refractivity contribution in [1.29, 1.82) is 0 Å². The minimum absolute atomic E-state index is 0.188. The highest BCUT2D eigenvalue weighted by molar-refractivity contribution is 6.21. The molecule has 0 spiro atoms. The minimum Gasteiger partial charge on any atom is -0.325 e. The van der Waals surface area contributed by atoms with Gasteiger partial charge in [0, 0.05) is 40.3 Å². The van der Waals surface area contributed by atoms with Crippen molar-refractivity contribution in [2.45, 2.75) is 12.8 Å². The predicted octanol–water partition coefficient (Wildman–Crippen LogP) is 5.26. The fourth-order valence-corrected chi connectivity index (χ4v) is 4.59. The molecule has 0 saturated heterocycles. The van der Waals surface area contributed by atoms with E-state index < -0.39 is 11.8 Å². The maximum Gasteiger partial charge on any atom is 0.255 e. The fourth-order valence-electron chi connectivity index (χ4n) is 4.59. The van der Waals surface area contributed by atoms with Gasteiger partial charge in [0.2, 0.25) is 11.8 Å². The van der Waals surface area contributed by atoms with E-state index in [4.69, 9.17) is 0 Å². The van der Waals surface area contributed by atoms with E-state index in [1.54, 1.807) is 83.8 Å². The highest BCUT2D eigenvalue weighted by Crippen LogP contribution is 2.39. The van der Waals surface area contributed by atoms with Crippen molar-refractivity contribution in [3.8, 4) is 0 Å². The summed E-state index contributed by atoms with van der Waals surface area (Å²) in [4.78, 5) is 54.0. The third-order valence-corrected chi connectivity index (χ3v) is 6.44. The molecule has 1 aliphatic heterocycles. The van der Waals surface area contributed by atoms with Crippen LogP contribution >= 0.6 is 0 Å². The number of hydrogen-bond acceptors (Lipinski definition) is 4. The summed E-state index contributed by atoms with van der Waals surface area (Å²) in [5.74, 6) is -2.52.